The SMILES string of the molecule is CCOc1ccc(C(=O)Nc2ccc(C(C)N)cc2)cc1OCC.Cl. The highest BCUT2D eigenvalue weighted by molar-refractivity contribution is 6.04. The van der Waals surface area contributed by atoms with Crippen LogP contribution in [0.2, 0.25) is 0 Å². The van der Waals surface area contributed by atoms with Crippen molar-refractivity contribution < 1.29 is 14.3 Å². The van der Waals surface area contributed by atoms with Gasteiger partial charge in [-0.05, 0) is 56.7 Å². The van der Waals surface area contributed by atoms with E-state index in [1.807, 2.05) is 45.0 Å². The first-order chi connectivity index (χ1) is 11.5. The lowest BCUT2D eigenvalue weighted by Crippen LogP contribution is -2.13. The van der Waals surface area contributed by atoms with Gasteiger partial charge in [-0.1, -0.05) is 12.1 Å². The Morgan fingerprint density at radius 1 is 1.04 bits per heavy atom. The second-order valence-electron chi connectivity index (χ2n) is 5.39. The number of carbonyl (C=O) groups excluding carboxylic acids is 1. The second-order valence-corrected chi connectivity index (χ2v) is 5.39. The van der Waals surface area contributed by atoms with Gasteiger partial charge in [0.25, 0.3) is 5.91 Å². The van der Waals surface area contributed by atoms with Crippen LogP contribution in [0.3, 0.4) is 0 Å². The Morgan fingerprint density at radius 2 is 1.64 bits per heavy atom. The van der Waals surface area contributed by atoms with Gasteiger partial charge in [0.1, 0.15) is 0 Å². The fourth-order valence-corrected chi connectivity index (χ4v) is 2.27. The van der Waals surface area contributed by atoms with Crippen LogP contribution in [0.4, 0.5) is 5.69 Å². The first-order valence-electron chi connectivity index (χ1n) is 8.11. The molecule has 136 valence electrons. The van der Waals surface area contributed by atoms with E-state index >= 15 is 0 Å². The molecule has 5 nitrogen and oxygen atoms in total. The lowest BCUT2D eigenvalue weighted by molar-refractivity contribution is 0.102. The molecule has 2 aromatic rings. The molecular weight excluding hydrogens is 340 g/mol. The van der Waals surface area contributed by atoms with E-state index < -0.39 is 0 Å². The molecule has 0 spiro atoms. The zero-order valence-corrected chi connectivity index (χ0v) is 15.6. The number of nitrogens with one attached hydrogen (secondary N) is 1. The van der Waals surface area contributed by atoms with Crippen molar-refractivity contribution in [3.63, 3.8) is 0 Å². The van der Waals surface area contributed by atoms with Crippen molar-refractivity contribution in [2.45, 2.75) is 26.8 Å². The normalized spacial score (nSPS) is 11.2. The molecule has 0 aliphatic carbocycles. The van der Waals surface area contributed by atoms with Crippen LogP contribution in [-0.2, 0) is 0 Å². The van der Waals surface area contributed by atoms with E-state index in [1.54, 1.807) is 18.2 Å². The molecule has 2 aromatic carbocycles. The summed E-state index contributed by atoms with van der Waals surface area (Å²) in [7, 11) is 0. The third-order valence-corrected chi connectivity index (χ3v) is 3.50. The smallest absolute Gasteiger partial charge is 0.255 e. The van der Waals surface area contributed by atoms with E-state index in [-0.39, 0.29) is 24.4 Å². The highest BCUT2D eigenvalue weighted by Gasteiger charge is 2.12. The largest absolute Gasteiger partial charge is 0.490 e. The first kappa shape index (κ1) is 20.8. The number of hydrogen-bond acceptors (Lipinski definition) is 4. The quantitative estimate of drug-likeness (QED) is 0.773. The highest BCUT2D eigenvalue weighted by atomic mass is 35.5. The monoisotopic (exact) mass is 364 g/mol. The summed E-state index contributed by atoms with van der Waals surface area (Å²) >= 11 is 0. The lowest BCUT2D eigenvalue weighted by Gasteiger charge is -2.13. The molecule has 2 rings (SSSR count). The Morgan fingerprint density at radius 3 is 2.20 bits per heavy atom. The average Bonchev–Trinajstić information content (AvgIpc) is 2.57. The number of carbonyl (C=O) groups is 1. The number of benzene rings is 2. The molecule has 0 heterocycles. The summed E-state index contributed by atoms with van der Waals surface area (Å²) < 4.78 is 11.1. The predicted molar refractivity (Wildman–Crippen MR) is 103 cm³/mol. The van der Waals surface area contributed by atoms with Crippen LogP contribution in [0, 0.1) is 0 Å². The van der Waals surface area contributed by atoms with Gasteiger partial charge in [-0.15, -0.1) is 12.4 Å². The van der Waals surface area contributed by atoms with Crippen LogP contribution < -0.4 is 20.5 Å². The minimum Gasteiger partial charge on any atom is -0.490 e. The summed E-state index contributed by atoms with van der Waals surface area (Å²) in [5.74, 6) is 1.00. The summed E-state index contributed by atoms with van der Waals surface area (Å²) in [6.07, 6.45) is 0. The van der Waals surface area contributed by atoms with Crippen molar-refractivity contribution >= 4 is 24.0 Å². The number of hydrogen-bond donors (Lipinski definition) is 2. The van der Waals surface area contributed by atoms with Crippen LogP contribution in [0.15, 0.2) is 42.5 Å². The lowest BCUT2D eigenvalue weighted by atomic mass is 10.1. The molecule has 0 radical (unpaired) electrons. The van der Waals surface area contributed by atoms with Gasteiger partial charge in [-0.25, -0.2) is 0 Å². The van der Waals surface area contributed by atoms with E-state index in [0.29, 0.717) is 30.3 Å². The molecular formula is C19H25ClN2O3. The summed E-state index contributed by atoms with van der Waals surface area (Å²) in [6, 6.07) is 12.6. The van der Waals surface area contributed by atoms with Crippen LogP contribution in [-0.4, -0.2) is 19.1 Å². The minimum absolute atomic E-state index is 0. The highest BCUT2D eigenvalue weighted by Crippen LogP contribution is 2.29. The van der Waals surface area contributed by atoms with E-state index in [1.165, 1.54) is 0 Å². The van der Waals surface area contributed by atoms with Gasteiger partial charge in [0, 0.05) is 17.3 Å². The number of amides is 1. The number of nitrogens with two attached hydrogens (primary N) is 1. The molecule has 1 amide bonds. The molecule has 0 fully saturated rings. The molecule has 0 saturated heterocycles. The van der Waals surface area contributed by atoms with E-state index in [2.05, 4.69) is 5.32 Å². The molecule has 1 unspecified atom stereocenters. The Bertz CT molecular complexity index is 688. The summed E-state index contributed by atoms with van der Waals surface area (Å²) in [6.45, 7) is 6.76. The molecule has 1 atom stereocenters. The van der Waals surface area contributed by atoms with E-state index in [0.717, 1.165) is 11.3 Å². The van der Waals surface area contributed by atoms with Crippen molar-refractivity contribution in [3.05, 3.63) is 53.6 Å². The Balaban J connectivity index is 0.00000312. The van der Waals surface area contributed by atoms with Gasteiger partial charge in [0.05, 0.1) is 13.2 Å². The van der Waals surface area contributed by atoms with Crippen LogP contribution >= 0.6 is 12.4 Å². The second kappa shape index (κ2) is 9.91. The standard InChI is InChI=1S/C19H24N2O3.ClH/c1-4-23-17-11-8-15(12-18(17)24-5-2)19(22)21-16-9-6-14(7-10-16)13(3)20;/h6-13H,4-5,20H2,1-3H3,(H,21,22);1H. The van der Waals surface area contributed by atoms with Crippen molar-refractivity contribution in [3.8, 4) is 11.5 Å². The van der Waals surface area contributed by atoms with Gasteiger partial charge >= 0.3 is 0 Å². The van der Waals surface area contributed by atoms with Gasteiger partial charge in [-0.2, -0.15) is 0 Å². The zero-order valence-electron chi connectivity index (χ0n) is 14.7. The maximum Gasteiger partial charge on any atom is 0.255 e. The maximum atomic E-state index is 12.4. The topological polar surface area (TPSA) is 73.6 Å². The van der Waals surface area contributed by atoms with E-state index in [9.17, 15) is 4.79 Å². The molecule has 0 aliphatic heterocycles. The Kier molecular flexibility index (Phi) is 8.25. The molecule has 6 heteroatoms. The summed E-state index contributed by atoms with van der Waals surface area (Å²) in [5.41, 5.74) is 8.08. The number of halogens is 1. The van der Waals surface area contributed by atoms with Gasteiger partial charge < -0.3 is 20.5 Å². The predicted octanol–water partition coefficient (Wildman–Crippen LogP) is 4.18. The Hall–Kier alpha value is -2.24. The minimum atomic E-state index is -0.201. The fraction of sp³-hybridized carbons (Fsp3) is 0.316. The molecule has 0 saturated carbocycles. The first-order valence-corrected chi connectivity index (χ1v) is 8.11. The maximum absolute atomic E-state index is 12.4. The third kappa shape index (κ3) is 5.66. The van der Waals surface area contributed by atoms with Crippen LogP contribution in [0.25, 0.3) is 0 Å². The van der Waals surface area contributed by atoms with E-state index in [4.69, 9.17) is 15.2 Å². The summed E-state index contributed by atoms with van der Waals surface area (Å²) in [5, 5.41) is 2.87. The van der Waals surface area contributed by atoms with Crippen molar-refractivity contribution in [2.24, 2.45) is 5.73 Å². The Labute approximate surface area is 154 Å². The van der Waals surface area contributed by atoms with Crippen molar-refractivity contribution in [2.75, 3.05) is 18.5 Å². The molecule has 25 heavy (non-hydrogen) atoms. The number of rotatable bonds is 7. The van der Waals surface area contributed by atoms with Crippen LogP contribution in [0.5, 0.6) is 11.5 Å². The molecule has 0 aliphatic rings. The van der Waals surface area contributed by atoms with Gasteiger partial charge in [0.15, 0.2) is 11.5 Å². The molecule has 0 bridgehead atoms. The van der Waals surface area contributed by atoms with Crippen molar-refractivity contribution in [1.82, 2.24) is 0 Å². The third-order valence-electron chi connectivity index (χ3n) is 3.50. The number of anilines is 1. The fourth-order valence-electron chi connectivity index (χ4n) is 2.27. The molecule has 3 N–H and O–H groups in total. The molecule has 0 aromatic heterocycles. The van der Waals surface area contributed by atoms with Gasteiger partial charge in [-0.3, -0.25) is 4.79 Å². The average molecular weight is 365 g/mol. The summed E-state index contributed by atoms with van der Waals surface area (Å²) in [4.78, 5) is 12.4. The number of ether oxygens (including phenoxy) is 2. The van der Waals surface area contributed by atoms with Crippen LogP contribution in [0.1, 0.15) is 42.7 Å². The van der Waals surface area contributed by atoms with Gasteiger partial charge in [0.2, 0.25) is 0 Å². The zero-order chi connectivity index (χ0) is 17.5. The van der Waals surface area contributed by atoms with Crippen molar-refractivity contribution in [1.29, 1.82) is 0 Å².